The van der Waals surface area contributed by atoms with Gasteiger partial charge in [0.2, 0.25) is 0 Å². The predicted molar refractivity (Wildman–Crippen MR) is 69.7 cm³/mol. The van der Waals surface area contributed by atoms with E-state index in [9.17, 15) is 0 Å². The summed E-state index contributed by atoms with van der Waals surface area (Å²) in [5, 5.41) is 2.46. The van der Waals surface area contributed by atoms with E-state index in [1.54, 1.807) is 0 Å². The normalized spacial score (nSPS) is 11.4. The lowest BCUT2D eigenvalue weighted by molar-refractivity contribution is 1.46. The van der Waals surface area contributed by atoms with Crippen LogP contribution in [0.25, 0.3) is 21.8 Å². The van der Waals surface area contributed by atoms with Crippen molar-refractivity contribution in [3.05, 3.63) is 41.5 Å². The first-order chi connectivity index (χ1) is 7.66. The maximum atomic E-state index is 6.09. The molecule has 2 nitrogen and oxygen atoms in total. The zero-order chi connectivity index (χ0) is 11.3. The van der Waals surface area contributed by atoms with Crippen LogP contribution in [0.2, 0.25) is 0 Å². The Kier molecular flexibility index (Phi) is 1.75. The molecule has 80 valence electrons. The van der Waals surface area contributed by atoms with E-state index in [2.05, 4.69) is 42.2 Å². The number of benzene rings is 2. The molecule has 0 aliphatic rings. The van der Waals surface area contributed by atoms with E-state index in [4.69, 9.17) is 5.73 Å². The maximum absolute atomic E-state index is 6.09. The molecule has 0 unspecified atom stereocenters. The molecule has 3 rings (SSSR count). The molecule has 0 spiro atoms. The average Bonchev–Trinajstić information content (AvgIpc) is 2.62. The number of aryl methyl sites for hydroxylation is 2. The first kappa shape index (κ1) is 9.28. The Hall–Kier alpha value is -1.96. The van der Waals surface area contributed by atoms with Crippen LogP contribution in [0.15, 0.2) is 30.3 Å². The molecule has 0 radical (unpaired) electrons. The molecule has 3 N–H and O–H groups in total. The number of rotatable bonds is 0. The molecule has 0 fully saturated rings. The van der Waals surface area contributed by atoms with E-state index in [-0.39, 0.29) is 0 Å². The highest BCUT2D eigenvalue weighted by atomic mass is 14.7. The van der Waals surface area contributed by atoms with Crippen molar-refractivity contribution in [2.75, 3.05) is 5.73 Å². The highest BCUT2D eigenvalue weighted by Gasteiger charge is 2.07. The van der Waals surface area contributed by atoms with Crippen molar-refractivity contribution in [2.24, 2.45) is 0 Å². The van der Waals surface area contributed by atoms with Crippen LogP contribution in [0.5, 0.6) is 0 Å². The second-order valence-electron chi connectivity index (χ2n) is 4.39. The Morgan fingerprint density at radius 3 is 2.62 bits per heavy atom. The number of hydrogen-bond donors (Lipinski definition) is 2. The third-order valence-electron chi connectivity index (χ3n) is 3.19. The minimum absolute atomic E-state index is 0.853. The van der Waals surface area contributed by atoms with Crippen LogP contribution in [0.1, 0.15) is 11.1 Å². The first-order valence-corrected chi connectivity index (χ1v) is 5.44. The number of hydrogen-bond acceptors (Lipinski definition) is 1. The Bertz CT molecular complexity index is 693. The lowest BCUT2D eigenvalue weighted by atomic mass is 10.1. The quantitative estimate of drug-likeness (QED) is 0.548. The van der Waals surface area contributed by atoms with Gasteiger partial charge >= 0.3 is 0 Å². The SMILES string of the molecule is Cc1ccc2[nH]c3c(N)c(C)ccc3c2c1. The van der Waals surface area contributed by atoms with Gasteiger partial charge in [0.15, 0.2) is 0 Å². The molecule has 0 bridgehead atoms. The molecule has 0 saturated carbocycles. The van der Waals surface area contributed by atoms with Crippen LogP contribution in [-0.4, -0.2) is 4.98 Å². The highest BCUT2D eigenvalue weighted by molar-refractivity contribution is 6.11. The molecular weight excluding hydrogens is 196 g/mol. The minimum atomic E-state index is 0.853. The van der Waals surface area contributed by atoms with Gasteiger partial charge in [0.25, 0.3) is 0 Å². The minimum Gasteiger partial charge on any atom is -0.397 e. The lowest BCUT2D eigenvalue weighted by Crippen LogP contribution is -1.89. The Labute approximate surface area is 94.1 Å². The molecule has 0 aliphatic carbocycles. The lowest BCUT2D eigenvalue weighted by Gasteiger charge is -2.00. The van der Waals surface area contributed by atoms with Gasteiger partial charge in [-0.3, -0.25) is 0 Å². The van der Waals surface area contributed by atoms with Gasteiger partial charge < -0.3 is 10.7 Å². The molecule has 1 heterocycles. The van der Waals surface area contributed by atoms with Gasteiger partial charge in [-0.05, 0) is 31.5 Å². The second-order valence-corrected chi connectivity index (χ2v) is 4.39. The van der Waals surface area contributed by atoms with E-state index in [1.165, 1.54) is 16.3 Å². The number of nitrogens with one attached hydrogen (secondary N) is 1. The number of H-pyrrole nitrogens is 1. The van der Waals surface area contributed by atoms with Crippen LogP contribution in [0.3, 0.4) is 0 Å². The van der Waals surface area contributed by atoms with E-state index >= 15 is 0 Å². The van der Waals surface area contributed by atoms with Gasteiger partial charge in [-0.1, -0.05) is 23.8 Å². The average molecular weight is 210 g/mol. The summed E-state index contributed by atoms with van der Waals surface area (Å²) in [7, 11) is 0. The van der Waals surface area contributed by atoms with Crippen LogP contribution < -0.4 is 5.73 Å². The third-order valence-corrected chi connectivity index (χ3v) is 3.19. The van der Waals surface area contributed by atoms with E-state index in [1.807, 2.05) is 6.92 Å². The maximum Gasteiger partial charge on any atom is 0.0701 e. The van der Waals surface area contributed by atoms with Crippen LogP contribution in [0.4, 0.5) is 5.69 Å². The summed E-state index contributed by atoms with van der Waals surface area (Å²) in [6, 6.07) is 10.6. The molecule has 1 aromatic heterocycles. The topological polar surface area (TPSA) is 41.8 Å². The van der Waals surface area contributed by atoms with Crippen molar-refractivity contribution in [1.29, 1.82) is 0 Å². The van der Waals surface area contributed by atoms with Gasteiger partial charge in [0, 0.05) is 16.3 Å². The van der Waals surface area contributed by atoms with Gasteiger partial charge in [0.05, 0.1) is 11.2 Å². The Morgan fingerprint density at radius 1 is 1.00 bits per heavy atom. The standard InChI is InChI=1S/C14H14N2/c1-8-3-6-12-11(7-8)10-5-4-9(2)13(15)14(10)16-12/h3-7,16H,15H2,1-2H3. The predicted octanol–water partition coefficient (Wildman–Crippen LogP) is 3.52. The summed E-state index contributed by atoms with van der Waals surface area (Å²) < 4.78 is 0. The van der Waals surface area contributed by atoms with Gasteiger partial charge in [-0.25, -0.2) is 0 Å². The van der Waals surface area contributed by atoms with Crippen molar-refractivity contribution in [2.45, 2.75) is 13.8 Å². The summed E-state index contributed by atoms with van der Waals surface area (Å²) in [6.45, 7) is 4.14. The Morgan fingerprint density at radius 2 is 1.81 bits per heavy atom. The van der Waals surface area contributed by atoms with Crippen molar-refractivity contribution in [3.8, 4) is 0 Å². The van der Waals surface area contributed by atoms with Gasteiger partial charge in [0.1, 0.15) is 0 Å². The van der Waals surface area contributed by atoms with Crippen molar-refractivity contribution in [1.82, 2.24) is 4.98 Å². The zero-order valence-corrected chi connectivity index (χ0v) is 9.46. The summed E-state index contributed by atoms with van der Waals surface area (Å²) in [5.74, 6) is 0. The van der Waals surface area contributed by atoms with E-state index in [0.29, 0.717) is 0 Å². The van der Waals surface area contributed by atoms with E-state index < -0.39 is 0 Å². The fourth-order valence-electron chi connectivity index (χ4n) is 2.21. The Balaban J connectivity index is 2.56. The molecule has 0 aliphatic heterocycles. The van der Waals surface area contributed by atoms with Crippen molar-refractivity contribution >= 4 is 27.5 Å². The third kappa shape index (κ3) is 1.13. The molecule has 16 heavy (non-hydrogen) atoms. The number of nitrogen functional groups attached to an aromatic ring is 1. The summed E-state index contributed by atoms with van der Waals surface area (Å²) in [4.78, 5) is 3.39. The number of aromatic nitrogens is 1. The van der Waals surface area contributed by atoms with Crippen LogP contribution in [-0.2, 0) is 0 Å². The molecule has 2 heteroatoms. The van der Waals surface area contributed by atoms with Gasteiger partial charge in [-0.15, -0.1) is 0 Å². The number of fused-ring (bicyclic) bond motifs is 3. The first-order valence-electron chi connectivity index (χ1n) is 5.44. The van der Waals surface area contributed by atoms with Crippen LogP contribution >= 0.6 is 0 Å². The molecule has 0 saturated heterocycles. The van der Waals surface area contributed by atoms with Crippen molar-refractivity contribution in [3.63, 3.8) is 0 Å². The van der Waals surface area contributed by atoms with Crippen LogP contribution in [0, 0.1) is 13.8 Å². The fraction of sp³-hybridized carbons (Fsp3) is 0.143. The largest absolute Gasteiger partial charge is 0.397 e. The summed E-state index contributed by atoms with van der Waals surface area (Å²) in [5.41, 5.74) is 11.5. The molecule has 0 amide bonds. The fourth-order valence-corrected chi connectivity index (χ4v) is 2.21. The molecule has 0 atom stereocenters. The van der Waals surface area contributed by atoms with Crippen molar-refractivity contribution < 1.29 is 0 Å². The zero-order valence-electron chi connectivity index (χ0n) is 9.46. The second kappa shape index (κ2) is 3.01. The number of anilines is 1. The van der Waals surface area contributed by atoms with Gasteiger partial charge in [-0.2, -0.15) is 0 Å². The molecular formula is C14H14N2. The molecule has 2 aromatic carbocycles. The summed E-state index contributed by atoms with van der Waals surface area (Å²) in [6.07, 6.45) is 0. The van der Waals surface area contributed by atoms with E-state index in [0.717, 1.165) is 22.3 Å². The number of aromatic amines is 1. The smallest absolute Gasteiger partial charge is 0.0701 e. The highest BCUT2D eigenvalue weighted by Crippen LogP contribution is 2.31. The summed E-state index contributed by atoms with van der Waals surface area (Å²) >= 11 is 0. The monoisotopic (exact) mass is 210 g/mol. The molecule has 3 aromatic rings. The number of nitrogens with two attached hydrogens (primary N) is 1.